The van der Waals surface area contributed by atoms with E-state index in [0.717, 1.165) is 36.0 Å². The summed E-state index contributed by atoms with van der Waals surface area (Å²) in [5, 5.41) is 6.74. The summed E-state index contributed by atoms with van der Waals surface area (Å²) >= 11 is 0. The van der Waals surface area contributed by atoms with Crippen LogP contribution in [0.1, 0.15) is 44.6 Å². The van der Waals surface area contributed by atoms with Gasteiger partial charge in [0.15, 0.2) is 17.5 Å². The van der Waals surface area contributed by atoms with Gasteiger partial charge in [0.1, 0.15) is 0 Å². The molecule has 2 rings (SSSR count). The molecule has 0 bridgehead atoms. The molecule has 6 heteroatoms. The Morgan fingerprint density at radius 2 is 2.04 bits per heavy atom. The van der Waals surface area contributed by atoms with E-state index in [1.54, 1.807) is 19.7 Å². The molecule has 0 aliphatic heterocycles. The predicted molar refractivity (Wildman–Crippen MR) is 119 cm³/mol. The van der Waals surface area contributed by atoms with Crippen molar-refractivity contribution >= 4 is 29.9 Å². The minimum absolute atomic E-state index is 0. The molecule has 146 valence electrons. The smallest absolute Gasteiger partial charge is 0.191 e. The number of methoxy groups -OCH3 is 1. The molecule has 1 aromatic carbocycles. The molecular formula is C20H32IN3O2. The lowest BCUT2D eigenvalue weighted by molar-refractivity contribution is 0.310. The highest BCUT2D eigenvalue weighted by Crippen LogP contribution is 2.28. The maximum atomic E-state index is 5.63. The molecule has 1 aliphatic rings. The summed E-state index contributed by atoms with van der Waals surface area (Å²) in [7, 11) is 3.46. The van der Waals surface area contributed by atoms with Gasteiger partial charge < -0.3 is 20.1 Å². The van der Waals surface area contributed by atoms with Crippen LogP contribution in [0.3, 0.4) is 0 Å². The van der Waals surface area contributed by atoms with Gasteiger partial charge in [-0.05, 0) is 56.7 Å². The fourth-order valence-corrected chi connectivity index (χ4v) is 2.98. The Bertz CT molecular complexity index is 603. The van der Waals surface area contributed by atoms with Crippen molar-refractivity contribution in [2.24, 2.45) is 4.99 Å². The van der Waals surface area contributed by atoms with Crippen molar-refractivity contribution in [3.63, 3.8) is 0 Å². The van der Waals surface area contributed by atoms with Gasteiger partial charge in [0.05, 0.1) is 13.7 Å². The minimum Gasteiger partial charge on any atom is -0.493 e. The fraction of sp³-hybridized carbons (Fsp3) is 0.550. The van der Waals surface area contributed by atoms with Gasteiger partial charge in [0, 0.05) is 20.1 Å². The first-order chi connectivity index (χ1) is 12.3. The highest BCUT2D eigenvalue weighted by atomic mass is 127. The number of nitrogens with one attached hydrogen (secondary N) is 2. The van der Waals surface area contributed by atoms with Crippen LogP contribution in [0.2, 0.25) is 0 Å². The van der Waals surface area contributed by atoms with Gasteiger partial charge in [-0.15, -0.1) is 24.0 Å². The van der Waals surface area contributed by atoms with Crippen LogP contribution in [0.5, 0.6) is 11.5 Å². The second kappa shape index (κ2) is 12.8. The van der Waals surface area contributed by atoms with Crippen molar-refractivity contribution in [1.29, 1.82) is 0 Å². The lowest BCUT2D eigenvalue weighted by Crippen LogP contribution is -2.37. The molecule has 26 heavy (non-hydrogen) atoms. The molecule has 0 amide bonds. The maximum Gasteiger partial charge on any atom is 0.191 e. The van der Waals surface area contributed by atoms with Crippen LogP contribution in [-0.2, 0) is 6.54 Å². The Morgan fingerprint density at radius 3 is 2.69 bits per heavy atom. The third-order valence-corrected chi connectivity index (χ3v) is 4.34. The van der Waals surface area contributed by atoms with E-state index in [4.69, 9.17) is 9.47 Å². The molecule has 0 radical (unpaired) electrons. The van der Waals surface area contributed by atoms with Crippen LogP contribution in [0.25, 0.3) is 0 Å². The summed E-state index contributed by atoms with van der Waals surface area (Å²) in [6.07, 6.45) is 8.65. The van der Waals surface area contributed by atoms with Gasteiger partial charge in [-0.2, -0.15) is 0 Å². The predicted octanol–water partition coefficient (Wildman–Crippen LogP) is 4.27. The van der Waals surface area contributed by atoms with Crippen LogP contribution >= 0.6 is 24.0 Å². The number of ether oxygens (including phenoxy) is 2. The lowest BCUT2D eigenvalue weighted by Gasteiger charge is -2.16. The summed E-state index contributed by atoms with van der Waals surface area (Å²) in [6, 6.07) is 5.98. The summed E-state index contributed by atoms with van der Waals surface area (Å²) in [4.78, 5) is 4.30. The molecule has 0 aromatic heterocycles. The van der Waals surface area contributed by atoms with E-state index in [-0.39, 0.29) is 24.0 Å². The fourth-order valence-electron chi connectivity index (χ4n) is 2.98. The minimum atomic E-state index is 0. The van der Waals surface area contributed by atoms with Crippen LogP contribution < -0.4 is 20.1 Å². The Hall–Kier alpha value is -1.44. The third-order valence-electron chi connectivity index (χ3n) is 4.34. The Kier molecular flexibility index (Phi) is 11.2. The first-order valence-corrected chi connectivity index (χ1v) is 9.19. The molecule has 1 aliphatic carbocycles. The van der Waals surface area contributed by atoms with Crippen molar-refractivity contribution < 1.29 is 9.47 Å². The van der Waals surface area contributed by atoms with Crippen LogP contribution in [0, 0.1) is 0 Å². The molecule has 5 nitrogen and oxygen atoms in total. The number of rotatable bonds is 8. The van der Waals surface area contributed by atoms with E-state index in [2.05, 4.69) is 21.7 Å². The quantitative estimate of drug-likeness (QED) is 0.256. The molecule has 1 aromatic rings. The van der Waals surface area contributed by atoms with E-state index in [9.17, 15) is 0 Å². The van der Waals surface area contributed by atoms with E-state index in [0.29, 0.717) is 13.2 Å². The topological polar surface area (TPSA) is 54.9 Å². The second-order valence-electron chi connectivity index (χ2n) is 6.13. The van der Waals surface area contributed by atoms with Crippen molar-refractivity contribution in [3.05, 3.63) is 35.4 Å². The van der Waals surface area contributed by atoms with Crippen LogP contribution in [-0.4, -0.2) is 33.3 Å². The van der Waals surface area contributed by atoms with Crippen LogP contribution in [0.4, 0.5) is 0 Å². The number of allylic oxidation sites excluding steroid dienone is 1. The molecule has 0 saturated carbocycles. The molecule has 0 unspecified atom stereocenters. The molecule has 0 fully saturated rings. The standard InChI is InChI=1S/C20H31N3O2.HI/c1-4-25-19-14-17(10-11-18(19)24-3)15-23-20(21-2)22-13-12-16-8-6-5-7-9-16;/h8,10-11,14H,4-7,9,12-13,15H2,1-3H3,(H2,21,22,23);1H. The normalized spacial score (nSPS) is 14.1. The number of benzene rings is 1. The molecule has 0 heterocycles. The van der Waals surface area contributed by atoms with Gasteiger partial charge in [-0.25, -0.2) is 0 Å². The second-order valence-corrected chi connectivity index (χ2v) is 6.13. The monoisotopic (exact) mass is 473 g/mol. The van der Waals surface area contributed by atoms with Gasteiger partial charge in [-0.3, -0.25) is 4.99 Å². The Morgan fingerprint density at radius 1 is 1.19 bits per heavy atom. The Labute approximate surface area is 174 Å². The zero-order valence-electron chi connectivity index (χ0n) is 16.1. The van der Waals surface area contributed by atoms with Crippen molar-refractivity contribution in [2.75, 3.05) is 27.3 Å². The highest BCUT2D eigenvalue weighted by Gasteiger charge is 2.07. The van der Waals surface area contributed by atoms with Gasteiger partial charge in [0.2, 0.25) is 0 Å². The Balaban J connectivity index is 0.00000338. The van der Waals surface area contributed by atoms with E-state index >= 15 is 0 Å². The zero-order chi connectivity index (χ0) is 17.9. The molecule has 0 atom stereocenters. The SMILES string of the molecule is CCOc1cc(CNC(=NC)NCCC2=CCCCC2)ccc1OC.I. The third kappa shape index (κ3) is 7.43. The van der Waals surface area contributed by atoms with Gasteiger partial charge >= 0.3 is 0 Å². The highest BCUT2D eigenvalue weighted by molar-refractivity contribution is 14.0. The number of hydrogen-bond donors (Lipinski definition) is 2. The average molecular weight is 473 g/mol. The number of nitrogens with zero attached hydrogens (tertiary/aromatic N) is 1. The van der Waals surface area contributed by atoms with Crippen molar-refractivity contribution in [2.45, 2.75) is 45.6 Å². The summed E-state index contributed by atoms with van der Waals surface area (Å²) in [5.74, 6) is 2.36. The van der Waals surface area contributed by atoms with Crippen molar-refractivity contribution in [1.82, 2.24) is 10.6 Å². The van der Waals surface area contributed by atoms with Crippen LogP contribution in [0.15, 0.2) is 34.8 Å². The number of guanidine groups is 1. The summed E-state index contributed by atoms with van der Waals surface area (Å²) in [5.41, 5.74) is 2.70. The lowest BCUT2D eigenvalue weighted by atomic mass is 9.97. The number of hydrogen-bond acceptors (Lipinski definition) is 3. The maximum absolute atomic E-state index is 5.63. The van der Waals surface area contributed by atoms with E-state index in [1.807, 2.05) is 25.1 Å². The van der Waals surface area contributed by atoms with Gasteiger partial charge in [0.25, 0.3) is 0 Å². The van der Waals surface area contributed by atoms with Crippen molar-refractivity contribution in [3.8, 4) is 11.5 Å². The first-order valence-electron chi connectivity index (χ1n) is 9.19. The van der Waals surface area contributed by atoms with E-state index in [1.165, 1.54) is 25.7 Å². The van der Waals surface area contributed by atoms with Gasteiger partial charge in [-0.1, -0.05) is 17.7 Å². The largest absolute Gasteiger partial charge is 0.493 e. The first kappa shape index (κ1) is 22.6. The molecule has 0 spiro atoms. The average Bonchev–Trinajstić information content (AvgIpc) is 2.66. The molecule has 0 saturated heterocycles. The zero-order valence-corrected chi connectivity index (χ0v) is 18.5. The van der Waals surface area contributed by atoms with E-state index < -0.39 is 0 Å². The molecule has 2 N–H and O–H groups in total. The summed E-state index contributed by atoms with van der Waals surface area (Å²) in [6.45, 7) is 4.19. The molecular weight excluding hydrogens is 441 g/mol. The number of halogens is 1. The summed E-state index contributed by atoms with van der Waals surface area (Å²) < 4.78 is 11.0. The number of aliphatic imine (C=N–C) groups is 1.